The van der Waals surface area contributed by atoms with Gasteiger partial charge >= 0.3 is 23.9 Å². The van der Waals surface area contributed by atoms with Gasteiger partial charge in [-0.1, -0.05) is 355 Å². The molecule has 16 rings (SSSR count). The molecule has 2 atom stereocenters. The molecule has 4 aliphatic heterocycles. The number of carbonyl (C=O) groups is 6. The third kappa shape index (κ3) is 31.4. The Morgan fingerprint density at radius 1 is 0.267 bits per heavy atom. The molecule has 0 bridgehead atoms. The lowest BCUT2D eigenvalue weighted by molar-refractivity contribution is -0.143. The van der Waals surface area contributed by atoms with Crippen LogP contribution in [0.5, 0.6) is 0 Å². The van der Waals surface area contributed by atoms with E-state index in [1.54, 1.807) is 116 Å². The number of aliphatic hydroxyl groups is 4. The molecule has 796 valence electrons. The zero-order chi connectivity index (χ0) is 105. The molecule has 4 fully saturated rings. The van der Waals surface area contributed by atoms with Gasteiger partial charge in [0.25, 0.3) is 0 Å². The first-order valence-electron chi connectivity index (χ1n) is 53.0. The molecular formula is C130H160N4O16. The summed E-state index contributed by atoms with van der Waals surface area (Å²) in [7, 11) is 0. The number of hydrogen-bond acceptors (Lipinski definition) is 16. The summed E-state index contributed by atoms with van der Waals surface area (Å²) in [6.45, 7) is 24.6. The van der Waals surface area contributed by atoms with Crippen molar-refractivity contribution in [1.29, 1.82) is 0 Å². The monoisotopic (exact) mass is 2030 g/mol. The van der Waals surface area contributed by atoms with E-state index in [1.165, 1.54) is 22.3 Å². The third-order valence-corrected chi connectivity index (χ3v) is 31.0. The number of hydrogen-bond donors (Lipinski definition) is 8. The van der Waals surface area contributed by atoms with E-state index in [2.05, 4.69) is 117 Å². The Kier molecular flexibility index (Phi) is 43.9. The Balaban J connectivity index is 0.000000189. The number of likely N-dealkylation sites (tertiary alicyclic amines) is 4. The van der Waals surface area contributed by atoms with Crippen LogP contribution in [0.4, 0.5) is 0 Å². The summed E-state index contributed by atoms with van der Waals surface area (Å²) >= 11 is 0. The fraction of sp³-hybridized carbons (Fsp3) is 0.400. The maximum absolute atomic E-state index is 12.7. The molecule has 12 aromatic carbocycles. The predicted molar refractivity (Wildman–Crippen MR) is 598 cm³/mol. The Bertz CT molecular complexity index is 5920. The number of nitrogens with zero attached hydrogens (tertiary/aromatic N) is 4. The first-order valence-corrected chi connectivity index (χ1v) is 53.0. The van der Waals surface area contributed by atoms with Crippen LogP contribution in [-0.4, -0.2) is 187 Å². The number of carbonyl (C=O) groups excluding carboxylic acids is 2. The highest BCUT2D eigenvalue weighted by Gasteiger charge is 2.44. The molecule has 150 heavy (non-hydrogen) atoms. The number of aliphatic hydroxyl groups excluding tert-OH is 2. The smallest absolute Gasteiger partial charge is 0.313 e. The summed E-state index contributed by atoms with van der Waals surface area (Å²) in [4.78, 5) is 81.0. The summed E-state index contributed by atoms with van der Waals surface area (Å²) in [6.07, 6.45) is 12.4. The second-order valence-corrected chi connectivity index (χ2v) is 42.5. The largest absolute Gasteiger partial charge is 0.481 e. The Labute approximate surface area is 890 Å². The number of ketones is 2. The lowest BCUT2D eigenvalue weighted by atomic mass is 9.72. The van der Waals surface area contributed by atoms with Gasteiger partial charge in [0.15, 0.2) is 11.6 Å². The number of Topliss-reactive ketones (excluding diaryl/α,β-unsaturated/α-hetero) is 2. The van der Waals surface area contributed by atoms with E-state index in [-0.39, 0.29) is 62.7 Å². The summed E-state index contributed by atoms with van der Waals surface area (Å²) in [5, 5.41) is 83.1. The fourth-order valence-corrected chi connectivity index (χ4v) is 20.8. The van der Waals surface area contributed by atoms with Crippen LogP contribution < -0.4 is 0 Å². The first kappa shape index (κ1) is 118. The molecule has 4 aliphatic rings. The fourth-order valence-electron chi connectivity index (χ4n) is 20.8. The van der Waals surface area contributed by atoms with Gasteiger partial charge in [0, 0.05) is 50.1 Å². The van der Waals surface area contributed by atoms with Gasteiger partial charge in [-0.15, -0.1) is 0 Å². The van der Waals surface area contributed by atoms with Gasteiger partial charge < -0.3 is 69.9 Å². The van der Waals surface area contributed by atoms with Gasteiger partial charge in [0.05, 0.1) is 46.1 Å². The lowest BCUT2D eigenvalue weighted by Crippen LogP contribution is -2.44. The summed E-state index contributed by atoms with van der Waals surface area (Å²) in [5.74, 6) is -3.06. The highest BCUT2D eigenvalue weighted by molar-refractivity contribution is 5.97. The summed E-state index contributed by atoms with van der Waals surface area (Å²) in [5.41, 5.74) is 8.36. The van der Waals surface area contributed by atoms with Crippen LogP contribution in [0.2, 0.25) is 0 Å². The van der Waals surface area contributed by atoms with Crippen molar-refractivity contribution in [3.05, 3.63) is 429 Å². The van der Waals surface area contributed by atoms with Crippen molar-refractivity contribution < 1.29 is 79.1 Å². The molecule has 0 aromatic heterocycles. The number of benzene rings is 12. The zero-order valence-corrected chi connectivity index (χ0v) is 87.4. The molecule has 2 unspecified atom stereocenters. The van der Waals surface area contributed by atoms with Crippen molar-refractivity contribution in [3.8, 4) is 0 Å². The molecule has 4 heterocycles. The number of ether oxygens (including phenoxy) is 2. The number of piperidine rings is 4. The quantitative estimate of drug-likeness (QED) is 0.0165. The highest BCUT2D eigenvalue weighted by Crippen LogP contribution is 2.45. The molecule has 0 radical (unpaired) electrons. The Hall–Kier alpha value is -12.5. The third-order valence-electron chi connectivity index (χ3n) is 31.0. The standard InChI is InChI=1S/C32H39NO4.C32H37NO4.C32H39NO4.C32H37NO4.2CH4/c2*1-31(2,30(35)36)25-17-15-24(16-18-25)29(34)14-9-21-33-22-19-28(20-23-33)32(37,26-10-5-3-6-11-26)27-12-7-4-8-13-27;2*1-32(2,31(35)36)27-17-15-24(16-18-27)29(34)14-9-21-33-22-19-28(20-23-33)37-30(25-10-5-3-6-11-25)26-12-7-4-8-13-26;;/h3-8,10-13,15-18,28-29,34,37H,9,14,19-23H2,1-2H3,(H,35,36);3-8,10-13,15-18,28,37H,9,14,19-23H2,1-2H3,(H,35,36);3-8,10-13,15-18,28-30,34H,9,14,19-23H2,1-2H3,(H,35,36);3-8,10-13,15-18,28,30H,9,14,19-23H2,1-2H3,(H,35,36);2*1H4. The SMILES string of the molecule is C.C.CC(C)(C(=O)O)c1ccc(C(=O)CCCN2CCC(C(O)(c3ccccc3)c3ccccc3)CC2)cc1.CC(C)(C(=O)O)c1ccc(C(=O)CCCN2CCC(OC(c3ccccc3)c3ccccc3)CC2)cc1.CC(C)(C(=O)O)c1ccc(C(O)CCCN2CCC(C(O)(c3ccccc3)c3ccccc3)CC2)cc1.CC(C)(C(=O)O)c1ccc(C(O)CCCN2CCC(OC(c3ccccc3)c3ccccc3)CC2)cc1. The molecular weight excluding hydrogens is 1870 g/mol. The molecule has 8 N–H and O–H groups in total. The van der Waals surface area contributed by atoms with Gasteiger partial charge in [-0.2, -0.15) is 0 Å². The molecule has 0 aliphatic carbocycles. The average Bonchev–Trinajstić information content (AvgIpc) is 0.766. The predicted octanol–water partition coefficient (Wildman–Crippen LogP) is 24.9. The van der Waals surface area contributed by atoms with E-state index in [0.29, 0.717) is 47.9 Å². The van der Waals surface area contributed by atoms with E-state index >= 15 is 0 Å². The van der Waals surface area contributed by atoms with Crippen LogP contribution in [0, 0.1) is 11.8 Å². The van der Waals surface area contributed by atoms with Crippen LogP contribution in [0.1, 0.15) is 296 Å². The van der Waals surface area contributed by atoms with Crippen LogP contribution in [0.15, 0.2) is 340 Å². The summed E-state index contributed by atoms with van der Waals surface area (Å²) < 4.78 is 13.3. The van der Waals surface area contributed by atoms with Crippen LogP contribution in [0.3, 0.4) is 0 Å². The van der Waals surface area contributed by atoms with E-state index in [4.69, 9.17) is 9.47 Å². The van der Waals surface area contributed by atoms with Crippen LogP contribution in [0.25, 0.3) is 0 Å². The Morgan fingerprint density at radius 2 is 0.467 bits per heavy atom. The normalized spacial score (nSPS) is 15.6. The lowest BCUT2D eigenvalue weighted by Gasteiger charge is -2.42. The molecule has 0 spiro atoms. The maximum atomic E-state index is 12.7. The van der Waals surface area contributed by atoms with Crippen LogP contribution >= 0.6 is 0 Å². The van der Waals surface area contributed by atoms with E-state index in [9.17, 15) is 69.6 Å². The van der Waals surface area contributed by atoms with E-state index < -0.39 is 68.9 Å². The highest BCUT2D eigenvalue weighted by atomic mass is 16.5. The molecule has 20 nitrogen and oxygen atoms in total. The number of carboxylic acids is 4. The Morgan fingerprint density at radius 3 is 0.687 bits per heavy atom. The number of carboxylic acid groups (broad SMARTS) is 4. The molecule has 0 saturated carbocycles. The van der Waals surface area contributed by atoms with E-state index in [0.717, 1.165) is 200 Å². The second kappa shape index (κ2) is 56.0. The van der Waals surface area contributed by atoms with E-state index in [1.807, 2.05) is 182 Å². The van der Waals surface area contributed by atoms with Crippen molar-refractivity contribution in [1.82, 2.24) is 19.6 Å². The van der Waals surface area contributed by atoms with Gasteiger partial charge in [-0.3, -0.25) is 28.8 Å². The maximum Gasteiger partial charge on any atom is 0.313 e. The average molecular weight is 2030 g/mol. The second-order valence-electron chi connectivity index (χ2n) is 42.5. The minimum atomic E-state index is -1.02. The van der Waals surface area contributed by atoms with Crippen molar-refractivity contribution in [3.63, 3.8) is 0 Å². The first-order chi connectivity index (χ1) is 71.1. The minimum absolute atomic E-state index is 0. The molecule has 0 amide bonds. The van der Waals surface area contributed by atoms with Crippen LogP contribution in [-0.2, 0) is 61.5 Å². The number of aliphatic carboxylic acids is 4. The van der Waals surface area contributed by atoms with Gasteiger partial charge in [0.2, 0.25) is 0 Å². The zero-order valence-electron chi connectivity index (χ0n) is 87.4. The molecule has 20 heteroatoms. The van der Waals surface area contributed by atoms with Crippen molar-refractivity contribution >= 4 is 35.4 Å². The summed E-state index contributed by atoms with van der Waals surface area (Å²) in [6, 6.07) is 110. The van der Waals surface area contributed by atoms with Gasteiger partial charge in [0.1, 0.15) is 23.4 Å². The topological polar surface area (TPSA) is 296 Å². The van der Waals surface area contributed by atoms with Crippen molar-refractivity contribution in [2.24, 2.45) is 11.8 Å². The molecule has 4 saturated heterocycles. The van der Waals surface area contributed by atoms with Gasteiger partial charge in [-0.25, -0.2) is 0 Å². The molecule has 12 aromatic rings. The minimum Gasteiger partial charge on any atom is -0.481 e. The number of rotatable bonds is 42. The van der Waals surface area contributed by atoms with Crippen molar-refractivity contribution in [2.75, 3.05) is 78.5 Å². The van der Waals surface area contributed by atoms with Crippen molar-refractivity contribution in [2.45, 2.75) is 242 Å². The van der Waals surface area contributed by atoms with Gasteiger partial charge in [-0.05, 0) is 287 Å².